The molecule has 3 aromatic rings. The van der Waals surface area contributed by atoms with Gasteiger partial charge in [-0.05, 0) is 52.7 Å². The predicted molar refractivity (Wildman–Crippen MR) is 83.9 cm³/mol. The molecule has 0 atom stereocenters. The summed E-state index contributed by atoms with van der Waals surface area (Å²) in [6.07, 6.45) is 1.60. The second-order valence-electron chi connectivity index (χ2n) is 5.30. The molecular formula is C19H12O2. The van der Waals surface area contributed by atoms with Crippen LogP contribution in [0.3, 0.4) is 0 Å². The van der Waals surface area contributed by atoms with Crippen LogP contribution < -0.4 is 0 Å². The third-order valence-corrected chi connectivity index (χ3v) is 4.11. The molecule has 0 spiro atoms. The fourth-order valence-corrected chi connectivity index (χ4v) is 3.02. The van der Waals surface area contributed by atoms with E-state index >= 15 is 0 Å². The van der Waals surface area contributed by atoms with Crippen LogP contribution in [0, 0.1) is 0 Å². The van der Waals surface area contributed by atoms with E-state index in [1.54, 1.807) is 13.0 Å². The van der Waals surface area contributed by atoms with Gasteiger partial charge < -0.3 is 0 Å². The van der Waals surface area contributed by atoms with Gasteiger partial charge in [-0.3, -0.25) is 9.59 Å². The Hall–Kier alpha value is -2.74. The van der Waals surface area contributed by atoms with Gasteiger partial charge in [0.2, 0.25) is 0 Å². The van der Waals surface area contributed by atoms with Gasteiger partial charge in [0.15, 0.2) is 11.6 Å². The van der Waals surface area contributed by atoms with Crippen LogP contribution in [0.4, 0.5) is 0 Å². The van der Waals surface area contributed by atoms with Crippen molar-refractivity contribution in [2.24, 2.45) is 0 Å². The number of carbonyl (C=O) groups excluding carboxylic acids is 2. The third-order valence-electron chi connectivity index (χ3n) is 4.11. The molecule has 0 N–H and O–H groups in total. The lowest BCUT2D eigenvalue weighted by molar-refractivity contribution is 0.0988. The minimum absolute atomic E-state index is 0.160. The van der Waals surface area contributed by atoms with Crippen molar-refractivity contribution in [3.8, 4) is 0 Å². The summed E-state index contributed by atoms with van der Waals surface area (Å²) in [7, 11) is 0. The highest BCUT2D eigenvalue weighted by atomic mass is 16.2. The van der Waals surface area contributed by atoms with Gasteiger partial charge in [0.25, 0.3) is 0 Å². The normalized spacial score (nSPS) is 14.0. The summed E-state index contributed by atoms with van der Waals surface area (Å²) < 4.78 is 0. The van der Waals surface area contributed by atoms with Crippen molar-refractivity contribution in [3.63, 3.8) is 0 Å². The summed E-state index contributed by atoms with van der Waals surface area (Å²) in [6.45, 7) is 1.73. The second kappa shape index (κ2) is 4.13. The molecule has 0 fully saturated rings. The number of hydrogen-bond acceptors (Lipinski definition) is 2. The van der Waals surface area contributed by atoms with Gasteiger partial charge >= 0.3 is 0 Å². The Kier molecular flexibility index (Phi) is 2.36. The molecular weight excluding hydrogens is 260 g/mol. The molecule has 0 unspecified atom stereocenters. The molecule has 2 nitrogen and oxygen atoms in total. The number of benzene rings is 3. The van der Waals surface area contributed by atoms with Crippen molar-refractivity contribution in [3.05, 3.63) is 71.3 Å². The van der Waals surface area contributed by atoms with Gasteiger partial charge in [0.05, 0.1) is 5.57 Å². The van der Waals surface area contributed by atoms with Gasteiger partial charge in [-0.2, -0.15) is 0 Å². The van der Waals surface area contributed by atoms with Gasteiger partial charge in [0, 0.05) is 11.1 Å². The molecule has 0 aromatic heterocycles. The van der Waals surface area contributed by atoms with E-state index in [4.69, 9.17) is 0 Å². The van der Waals surface area contributed by atoms with Crippen LogP contribution in [0.2, 0.25) is 0 Å². The molecule has 0 amide bonds. The van der Waals surface area contributed by atoms with Crippen LogP contribution >= 0.6 is 0 Å². The molecule has 4 rings (SSSR count). The number of carbonyl (C=O) groups is 2. The fourth-order valence-electron chi connectivity index (χ4n) is 3.02. The predicted octanol–water partition coefficient (Wildman–Crippen LogP) is 4.32. The van der Waals surface area contributed by atoms with Crippen molar-refractivity contribution in [1.29, 1.82) is 0 Å². The van der Waals surface area contributed by atoms with Crippen molar-refractivity contribution in [2.75, 3.05) is 0 Å². The number of ketones is 2. The fraction of sp³-hybridized carbons (Fsp3) is 0.0526. The third kappa shape index (κ3) is 1.59. The Labute approximate surface area is 121 Å². The maximum atomic E-state index is 12.3. The molecule has 1 aliphatic rings. The van der Waals surface area contributed by atoms with Gasteiger partial charge in [-0.1, -0.05) is 30.3 Å². The SMILES string of the molecule is CC=C1C(=O)c2cc3cc4ccccc4cc3cc2C1=O. The topological polar surface area (TPSA) is 34.1 Å². The van der Waals surface area contributed by atoms with E-state index in [2.05, 4.69) is 12.1 Å². The van der Waals surface area contributed by atoms with Crippen molar-refractivity contribution >= 4 is 33.1 Å². The first kappa shape index (κ1) is 12.0. The lowest BCUT2D eigenvalue weighted by Gasteiger charge is -2.04. The minimum atomic E-state index is -0.160. The Bertz CT molecular complexity index is 901. The van der Waals surface area contributed by atoms with Crippen LogP contribution in [0.1, 0.15) is 27.6 Å². The molecule has 0 saturated carbocycles. The second-order valence-corrected chi connectivity index (χ2v) is 5.30. The first-order valence-corrected chi connectivity index (χ1v) is 6.91. The number of fused-ring (bicyclic) bond motifs is 3. The molecule has 0 bridgehead atoms. The van der Waals surface area contributed by atoms with E-state index in [-0.39, 0.29) is 17.1 Å². The van der Waals surface area contributed by atoms with Crippen LogP contribution in [0.5, 0.6) is 0 Å². The molecule has 100 valence electrons. The molecule has 1 aliphatic carbocycles. The summed E-state index contributed by atoms with van der Waals surface area (Å²) >= 11 is 0. The maximum absolute atomic E-state index is 12.3. The minimum Gasteiger partial charge on any atom is -0.288 e. The maximum Gasteiger partial charge on any atom is 0.197 e. The van der Waals surface area contributed by atoms with Crippen LogP contribution in [0.15, 0.2) is 60.2 Å². The van der Waals surface area contributed by atoms with Crippen LogP contribution in [-0.2, 0) is 0 Å². The first-order valence-electron chi connectivity index (χ1n) is 6.91. The highest BCUT2D eigenvalue weighted by Crippen LogP contribution is 2.32. The highest BCUT2D eigenvalue weighted by molar-refractivity contribution is 6.40. The standard InChI is InChI=1S/C19H12O2/c1-2-15-18(20)16-9-13-7-11-5-3-4-6-12(11)8-14(13)10-17(16)19(15)21/h2-10H,1H3. The monoisotopic (exact) mass is 272 g/mol. The largest absolute Gasteiger partial charge is 0.288 e. The lowest BCUT2D eigenvalue weighted by Crippen LogP contribution is -1.99. The molecule has 0 heterocycles. The Morgan fingerprint density at radius 3 is 1.62 bits per heavy atom. The van der Waals surface area contributed by atoms with E-state index in [1.165, 1.54) is 0 Å². The number of rotatable bonds is 0. The lowest BCUT2D eigenvalue weighted by atomic mass is 9.99. The Morgan fingerprint density at radius 1 is 0.714 bits per heavy atom. The van der Waals surface area contributed by atoms with Gasteiger partial charge in [-0.15, -0.1) is 0 Å². The molecule has 3 aromatic carbocycles. The van der Waals surface area contributed by atoms with Crippen molar-refractivity contribution in [2.45, 2.75) is 6.92 Å². The summed E-state index contributed by atoms with van der Waals surface area (Å²) in [4.78, 5) is 24.5. The summed E-state index contributed by atoms with van der Waals surface area (Å²) in [5, 5.41) is 4.25. The molecule has 0 aliphatic heterocycles. The van der Waals surface area contributed by atoms with E-state index in [0.29, 0.717) is 11.1 Å². The summed E-state index contributed by atoms with van der Waals surface area (Å²) in [6, 6.07) is 15.9. The average molecular weight is 272 g/mol. The van der Waals surface area contributed by atoms with Crippen LogP contribution in [-0.4, -0.2) is 11.6 Å². The van der Waals surface area contributed by atoms with E-state index in [1.807, 2.05) is 36.4 Å². The zero-order valence-corrected chi connectivity index (χ0v) is 11.5. The highest BCUT2D eigenvalue weighted by Gasteiger charge is 2.32. The molecule has 2 heteroatoms. The summed E-state index contributed by atoms with van der Waals surface area (Å²) in [5.74, 6) is -0.319. The van der Waals surface area contributed by atoms with E-state index in [9.17, 15) is 9.59 Å². The van der Waals surface area contributed by atoms with Gasteiger partial charge in [-0.25, -0.2) is 0 Å². The van der Waals surface area contributed by atoms with Crippen molar-refractivity contribution < 1.29 is 9.59 Å². The molecule has 21 heavy (non-hydrogen) atoms. The zero-order chi connectivity index (χ0) is 14.6. The molecule has 0 saturated heterocycles. The Balaban J connectivity index is 2.09. The number of Topliss-reactive ketones (excluding diaryl/α,β-unsaturated/α-hetero) is 2. The average Bonchev–Trinajstić information content (AvgIpc) is 2.74. The van der Waals surface area contributed by atoms with E-state index in [0.717, 1.165) is 21.5 Å². The molecule has 0 radical (unpaired) electrons. The Morgan fingerprint density at radius 2 is 1.19 bits per heavy atom. The van der Waals surface area contributed by atoms with Crippen molar-refractivity contribution in [1.82, 2.24) is 0 Å². The zero-order valence-electron chi connectivity index (χ0n) is 11.5. The quantitative estimate of drug-likeness (QED) is 0.347. The first-order chi connectivity index (χ1) is 10.2. The smallest absolute Gasteiger partial charge is 0.197 e. The summed E-state index contributed by atoms with van der Waals surface area (Å²) in [5.41, 5.74) is 1.33. The van der Waals surface area contributed by atoms with Gasteiger partial charge in [0.1, 0.15) is 0 Å². The number of hydrogen-bond donors (Lipinski definition) is 0. The number of allylic oxidation sites excluding steroid dienone is 2. The van der Waals surface area contributed by atoms with Crippen LogP contribution in [0.25, 0.3) is 21.5 Å². The van der Waals surface area contributed by atoms with E-state index < -0.39 is 0 Å².